The molecule has 0 aliphatic rings. The van der Waals surface area contributed by atoms with Crippen LogP contribution >= 0.6 is 0 Å². The summed E-state index contributed by atoms with van der Waals surface area (Å²) in [5, 5.41) is 32.4. The molecule has 0 unspecified atom stereocenters. The monoisotopic (exact) mass is 407 g/mol. The van der Waals surface area contributed by atoms with Gasteiger partial charge < -0.3 is 25.1 Å². The molecule has 1 heterocycles. The van der Waals surface area contributed by atoms with Crippen molar-refractivity contribution in [2.24, 2.45) is 0 Å². The number of aromatic nitrogens is 1. The molecule has 2 aromatic rings. The van der Waals surface area contributed by atoms with Gasteiger partial charge in [0.2, 0.25) is 11.8 Å². The van der Waals surface area contributed by atoms with Crippen LogP contribution in [0.2, 0.25) is 0 Å². The van der Waals surface area contributed by atoms with E-state index in [1.807, 2.05) is 0 Å². The predicted molar refractivity (Wildman–Crippen MR) is 99.3 cm³/mol. The summed E-state index contributed by atoms with van der Waals surface area (Å²) in [5.74, 6) is -2.06. The van der Waals surface area contributed by atoms with E-state index >= 15 is 0 Å². The van der Waals surface area contributed by atoms with Gasteiger partial charge in [-0.05, 0) is 26.3 Å². The van der Waals surface area contributed by atoms with E-state index in [0.717, 1.165) is 12.1 Å². The Morgan fingerprint density at radius 3 is 2.17 bits per heavy atom. The normalized spacial score (nSPS) is 12.1. The molecule has 0 aliphatic heterocycles. The number of aromatic hydroxyl groups is 2. The van der Waals surface area contributed by atoms with E-state index in [4.69, 9.17) is 9.57 Å². The van der Waals surface area contributed by atoms with Crippen molar-refractivity contribution in [3.63, 3.8) is 0 Å². The van der Waals surface area contributed by atoms with E-state index in [1.54, 1.807) is 20.8 Å². The van der Waals surface area contributed by atoms with Crippen LogP contribution in [-0.4, -0.2) is 43.6 Å². The summed E-state index contributed by atoms with van der Waals surface area (Å²) in [6, 6.07) is 6.32. The maximum absolute atomic E-state index is 12.6. The molecule has 11 heteroatoms. The SMILES string of the molecule is CC(C)(C)OC(=O)N[C@@H](Cc1ccc([N+](=O)[O-])cc1)C(=O)On1c(O)ccc1O. The van der Waals surface area contributed by atoms with Crippen molar-refractivity contribution in [2.75, 3.05) is 0 Å². The molecular formula is C18H21N3O8. The third-order valence-corrected chi connectivity index (χ3v) is 3.54. The van der Waals surface area contributed by atoms with Gasteiger partial charge in [-0.3, -0.25) is 10.1 Å². The number of rotatable bonds is 6. The maximum Gasteiger partial charge on any atom is 0.408 e. The number of nitro benzene ring substituents is 1. The molecule has 29 heavy (non-hydrogen) atoms. The molecule has 2 rings (SSSR count). The number of ether oxygens (including phenoxy) is 1. The van der Waals surface area contributed by atoms with Gasteiger partial charge in [-0.25, -0.2) is 9.59 Å². The zero-order chi connectivity index (χ0) is 21.8. The molecule has 11 nitrogen and oxygen atoms in total. The highest BCUT2D eigenvalue weighted by molar-refractivity contribution is 5.82. The minimum Gasteiger partial charge on any atom is -0.492 e. The first kappa shape index (κ1) is 21.5. The second kappa shape index (κ2) is 8.50. The molecule has 3 N–H and O–H groups in total. The number of hydrogen-bond acceptors (Lipinski definition) is 8. The molecule has 0 saturated heterocycles. The Balaban J connectivity index is 2.20. The second-order valence-corrected chi connectivity index (χ2v) is 7.08. The Bertz CT molecular complexity index is 879. The van der Waals surface area contributed by atoms with E-state index in [-0.39, 0.29) is 12.1 Å². The molecule has 1 aromatic carbocycles. The fourth-order valence-electron chi connectivity index (χ4n) is 2.28. The van der Waals surface area contributed by atoms with Crippen LogP contribution in [0.5, 0.6) is 11.8 Å². The standard InChI is InChI=1S/C18H21N3O8/c1-18(2,3)28-17(25)19-13(10-11-4-6-12(7-5-11)21(26)27)16(24)29-20-14(22)8-9-15(20)23/h4-9,13,22-23H,10H2,1-3H3,(H,19,25)/t13-/m0/s1. The third kappa shape index (κ3) is 6.13. The lowest BCUT2D eigenvalue weighted by Gasteiger charge is -2.23. The van der Waals surface area contributed by atoms with E-state index in [1.165, 1.54) is 24.3 Å². The minimum absolute atomic E-state index is 0.0845. The fraction of sp³-hybridized carbons (Fsp3) is 0.333. The third-order valence-electron chi connectivity index (χ3n) is 3.54. The van der Waals surface area contributed by atoms with E-state index < -0.39 is 40.4 Å². The highest BCUT2D eigenvalue weighted by atomic mass is 16.7. The molecule has 0 fully saturated rings. The molecule has 1 aromatic heterocycles. The van der Waals surface area contributed by atoms with Gasteiger partial charge in [0.1, 0.15) is 11.6 Å². The van der Waals surface area contributed by atoms with E-state index in [9.17, 15) is 29.9 Å². The first-order valence-corrected chi connectivity index (χ1v) is 8.51. The topological polar surface area (TPSA) is 153 Å². The number of nitro groups is 1. The fourth-order valence-corrected chi connectivity index (χ4v) is 2.28. The Labute approximate surface area is 165 Å². The van der Waals surface area contributed by atoms with Crippen molar-refractivity contribution in [3.05, 3.63) is 52.1 Å². The van der Waals surface area contributed by atoms with Crippen LogP contribution in [0.4, 0.5) is 10.5 Å². The number of amides is 1. The summed E-state index contributed by atoms with van der Waals surface area (Å²) >= 11 is 0. The van der Waals surface area contributed by atoms with Crippen molar-refractivity contribution in [1.82, 2.24) is 10.0 Å². The van der Waals surface area contributed by atoms with Crippen molar-refractivity contribution in [3.8, 4) is 11.8 Å². The first-order chi connectivity index (χ1) is 13.5. The molecule has 1 atom stereocenters. The van der Waals surface area contributed by atoms with Gasteiger partial charge in [0.15, 0.2) is 0 Å². The van der Waals surface area contributed by atoms with Crippen LogP contribution in [0.15, 0.2) is 36.4 Å². The van der Waals surface area contributed by atoms with Crippen molar-refractivity contribution < 1.29 is 34.3 Å². The van der Waals surface area contributed by atoms with Crippen LogP contribution in [0.1, 0.15) is 26.3 Å². The van der Waals surface area contributed by atoms with Crippen LogP contribution < -0.4 is 10.2 Å². The van der Waals surface area contributed by atoms with Gasteiger partial charge in [-0.15, -0.1) is 4.73 Å². The van der Waals surface area contributed by atoms with Crippen molar-refractivity contribution in [1.29, 1.82) is 0 Å². The molecule has 0 aliphatic carbocycles. The van der Waals surface area contributed by atoms with E-state index in [0.29, 0.717) is 10.3 Å². The lowest BCUT2D eigenvalue weighted by atomic mass is 10.1. The zero-order valence-electron chi connectivity index (χ0n) is 16.0. The number of carbonyl (C=O) groups excluding carboxylic acids is 2. The molecule has 1 amide bonds. The van der Waals surface area contributed by atoms with Gasteiger partial charge in [-0.1, -0.05) is 12.1 Å². The number of alkyl carbamates (subject to hydrolysis) is 1. The van der Waals surface area contributed by atoms with Crippen molar-refractivity contribution in [2.45, 2.75) is 38.8 Å². The molecule has 0 radical (unpaired) electrons. The largest absolute Gasteiger partial charge is 0.492 e. The van der Waals surface area contributed by atoms with Gasteiger partial charge in [0.25, 0.3) is 5.69 Å². The summed E-state index contributed by atoms with van der Waals surface area (Å²) < 4.78 is 5.62. The smallest absolute Gasteiger partial charge is 0.408 e. The van der Waals surface area contributed by atoms with Crippen LogP contribution in [0.25, 0.3) is 0 Å². The molecule has 0 bridgehead atoms. The number of nitrogens with one attached hydrogen (secondary N) is 1. The average molecular weight is 407 g/mol. The summed E-state index contributed by atoms with van der Waals surface area (Å²) in [6.45, 7) is 4.93. The summed E-state index contributed by atoms with van der Waals surface area (Å²) in [4.78, 5) is 39.8. The highest BCUT2D eigenvalue weighted by Crippen LogP contribution is 2.19. The van der Waals surface area contributed by atoms with Crippen molar-refractivity contribution >= 4 is 17.7 Å². The molecular weight excluding hydrogens is 386 g/mol. The van der Waals surface area contributed by atoms with Crippen LogP contribution in [0, 0.1) is 10.1 Å². The Morgan fingerprint density at radius 2 is 1.69 bits per heavy atom. The van der Waals surface area contributed by atoms with Gasteiger partial charge in [0, 0.05) is 30.7 Å². The molecule has 0 spiro atoms. The van der Waals surface area contributed by atoms with E-state index in [2.05, 4.69) is 5.32 Å². The highest BCUT2D eigenvalue weighted by Gasteiger charge is 2.28. The average Bonchev–Trinajstić information content (AvgIpc) is 2.92. The Morgan fingerprint density at radius 1 is 1.14 bits per heavy atom. The Hall–Kier alpha value is -3.76. The van der Waals surface area contributed by atoms with Crippen LogP contribution in [0.3, 0.4) is 0 Å². The zero-order valence-corrected chi connectivity index (χ0v) is 16.0. The lowest BCUT2D eigenvalue weighted by molar-refractivity contribution is -0.384. The number of hydrogen-bond donors (Lipinski definition) is 3. The predicted octanol–water partition coefficient (Wildman–Crippen LogP) is 1.90. The number of nitrogens with zero attached hydrogens (tertiary/aromatic N) is 2. The van der Waals surface area contributed by atoms with Gasteiger partial charge >= 0.3 is 12.1 Å². The molecule has 0 saturated carbocycles. The van der Waals surface area contributed by atoms with Gasteiger partial charge in [0.05, 0.1) is 4.92 Å². The Kier molecular flexibility index (Phi) is 6.32. The number of non-ortho nitro benzene ring substituents is 1. The number of carbonyl (C=O) groups is 2. The first-order valence-electron chi connectivity index (χ1n) is 8.51. The maximum atomic E-state index is 12.6. The quantitative estimate of drug-likeness (QED) is 0.485. The van der Waals surface area contributed by atoms with Crippen LogP contribution in [-0.2, 0) is 16.0 Å². The summed E-state index contributed by atoms with van der Waals surface area (Å²) in [7, 11) is 0. The summed E-state index contributed by atoms with van der Waals surface area (Å²) in [5.41, 5.74) is -0.451. The molecule has 156 valence electrons. The lowest BCUT2D eigenvalue weighted by Crippen LogP contribution is -2.47. The number of benzene rings is 1. The summed E-state index contributed by atoms with van der Waals surface area (Å²) in [6.07, 6.45) is -0.971. The van der Waals surface area contributed by atoms with Gasteiger partial charge in [-0.2, -0.15) is 0 Å². The minimum atomic E-state index is -1.27. The second-order valence-electron chi connectivity index (χ2n) is 7.08.